The highest BCUT2D eigenvalue weighted by Gasteiger charge is 2.17. The summed E-state index contributed by atoms with van der Waals surface area (Å²) in [6.45, 7) is 0. The second-order valence-electron chi connectivity index (χ2n) is 5.05. The van der Waals surface area contributed by atoms with E-state index in [1.54, 1.807) is 24.3 Å². The fourth-order valence-corrected chi connectivity index (χ4v) is 2.39. The molecule has 0 atom stereocenters. The van der Waals surface area contributed by atoms with Crippen LogP contribution in [0.3, 0.4) is 0 Å². The molecule has 0 heterocycles. The molecule has 0 fully saturated rings. The third-order valence-corrected chi connectivity index (χ3v) is 3.64. The van der Waals surface area contributed by atoms with E-state index < -0.39 is 0 Å². The topological polar surface area (TPSA) is 73.8 Å². The van der Waals surface area contributed by atoms with E-state index in [0.717, 1.165) is 0 Å². The first kappa shape index (κ1) is 20.2. The zero-order chi connectivity index (χ0) is 19.8. The Hall–Kier alpha value is -3.10. The number of ether oxygens (including phenoxy) is 6. The van der Waals surface area contributed by atoms with Crippen molar-refractivity contribution in [3.8, 4) is 46.0 Å². The number of methoxy groups -OCH3 is 6. The van der Waals surface area contributed by atoms with Crippen LogP contribution in [0, 0.1) is 0 Å². The van der Waals surface area contributed by atoms with Gasteiger partial charge in [0.1, 0.15) is 11.5 Å². The average Bonchev–Trinajstić information content (AvgIpc) is 2.71. The molecule has 0 aliphatic heterocycles. The molecule has 0 aliphatic rings. The van der Waals surface area contributed by atoms with Gasteiger partial charge in [-0.3, -0.25) is 0 Å². The van der Waals surface area contributed by atoms with E-state index in [2.05, 4.69) is 0 Å². The minimum atomic E-state index is 0.442. The highest BCUT2D eigenvalue weighted by atomic mass is 16.6. The Balaban J connectivity index is 2.14. The van der Waals surface area contributed by atoms with Crippen LogP contribution in [-0.4, -0.2) is 50.3 Å². The van der Waals surface area contributed by atoms with Gasteiger partial charge in [0.2, 0.25) is 11.5 Å². The van der Waals surface area contributed by atoms with Crippen molar-refractivity contribution < 1.29 is 37.7 Å². The first-order valence-electron chi connectivity index (χ1n) is 7.86. The summed E-state index contributed by atoms with van der Waals surface area (Å²) in [5, 5.41) is 0. The number of benzene rings is 2. The van der Waals surface area contributed by atoms with Crippen LogP contribution in [0.15, 0.2) is 24.3 Å². The van der Waals surface area contributed by atoms with Crippen molar-refractivity contribution in [2.45, 2.75) is 0 Å². The van der Waals surface area contributed by atoms with Crippen molar-refractivity contribution in [3.05, 3.63) is 24.3 Å². The maximum absolute atomic E-state index is 5.52. The van der Waals surface area contributed by atoms with Crippen LogP contribution >= 0.6 is 0 Å². The molecule has 2 aromatic carbocycles. The lowest BCUT2D eigenvalue weighted by molar-refractivity contribution is 0.320. The van der Waals surface area contributed by atoms with Gasteiger partial charge < -0.3 is 37.7 Å². The smallest absolute Gasteiger partial charge is 0.526 e. The van der Waals surface area contributed by atoms with Crippen molar-refractivity contribution in [2.24, 2.45) is 0 Å². The number of hydrogen-bond acceptors (Lipinski definition) is 8. The number of rotatable bonds is 10. The van der Waals surface area contributed by atoms with E-state index in [-0.39, 0.29) is 0 Å². The minimum Gasteiger partial charge on any atom is -0.526 e. The summed E-state index contributed by atoms with van der Waals surface area (Å²) in [4.78, 5) is 0. The first-order valence-corrected chi connectivity index (χ1v) is 7.86. The van der Waals surface area contributed by atoms with Gasteiger partial charge in [-0.25, -0.2) is 0 Å². The van der Waals surface area contributed by atoms with Gasteiger partial charge >= 0.3 is 7.69 Å². The Morgan fingerprint density at radius 2 is 0.778 bits per heavy atom. The maximum Gasteiger partial charge on any atom is 0.658 e. The molecule has 0 N–H and O–H groups in total. The molecule has 8 nitrogen and oxygen atoms in total. The van der Waals surface area contributed by atoms with Crippen LogP contribution in [0.4, 0.5) is 0 Å². The van der Waals surface area contributed by atoms with E-state index in [1.165, 1.54) is 50.3 Å². The Morgan fingerprint density at radius 3 is 1.00 bits per heavy atom. The monoisotopic (exact) mass is 377 g/mol. The molecule has 9 heteroatoms. The molecule has 0 aromatic heterocycles. The van der Waals surface area contributed by atoms with Gasteiger partial charge in [-0.1, -0.05) is 0 Å². The molecule has 0 bridgehead atoms. The zero-order valence-electron chi connectivity index (χ0n) is 16.2. The molecule has 0 unspecified atom stereocenters. The molecule has 145 valence electrons. The van der Waals surface area contributed by atoms with Crippen LogP contribution in [0.1, 0.15) is 0 Å². The molecule has 0 aliphatic carbocycles. The van der Waals surface area contributed by atoms with Crippen LogP contribution in [0.25, 0.3) is 0 Å². The van der Waals surface area contributed by atoms with E-state index in [4.69, 9.17) is 37.7 Å². The van der Waals surface area contributed by atoms with E-state index in [9.17, 15) is 0 Å². The summed E-state index contributed by atoms with van der Waals surface area (Å²) in [7, 11) is 10.3. The lowest BCUT2D eigenvalue weighted by Crippen LogP contribution is -2.11. The molecule has 27 heavy (non-hydrogen) atoms. The van der Waals surface area contributed by atoms with Crippen molar-refractivity contribution >= 4 is 7.69 Å². The first-order chi connectivity index (χ1) is 13.1. The number of hydrogen-bond donors (Lipinski definition) is 0. The second-order valence-corrected chi connectivity index (χ2v) is 5.05. The summed E-state index contributed by atoms with van der Waals surface area (Å²) in [5.74, 6) is 3.69. The Bertz CT molecular complexity index is 652. The molecular weight excluding hydrogens is 355 g/mol. The second kappa shape index (κ2) is 9.56. The van der Waals surface area contributed by atoms with Crippen LogP contribution in [0.5, 0.6) is 46.0 Å². The average molecular weight is 377 g/mol. The predicted octanol–water partition coefficient (Wildman–Crippen LogP) is 2.73. The summed E-state index contributed by atoms with van der Waals surface area (Å²) in [6.07, 6.45) is 0. The molecule has 2 aromatic rings. The lowest BCUT2D eigenvalue weighted by atomic mass is 10.2. The fourth-order valence-electron chi connectivity index (χ4n) is 2.39. The minimum absolute atomic E-state index is 0.442. The SMILES string of the molecule is COc1cc(O[B]Oc2cc(OC)c(OC)c(OC)c2)cc(OC)c1OC. The standard InChI is InChI=1S/C18H22BO8/c1-20-13-7-11(8-14(21-2)17(13)24-5)26-19-27-12-9-15(22-3)18(25-6)16(10-12)23-4/h7-10H,1-6H3. The van der Waals surface area contributed by atoms with Gasteiger partial charge in [0.05, 0.1) is 42.7 Å². The Morgan fingerprint density at radius 1 is 0.481 bits per heavy atom. The van der Waals surface area contributed by atoms with Crippen molar-refractivity contribution in [1.29, 1.82) is 0 Å². The Kier molecular flexibility index (Phi) is 7.16. The van der Waals surface area contributed by atoms with Gasteiger partial charge in [0, 0.05) is 24.3 Å². The van der Waals surface area contributed by atoms with Gasteiger partial charge in [0.15, 0.2) is 23.0 Å². The van der Waals surface area contributed by atoms with Crippen molar-refractivity contribution in [1.82, 2.24) is 0 Å². The van der Waals surface area contributed by atoms with Crippen LogP contribution < -0.4 is 37.7 Å². The van der Waals surface area contributed by atoms with E-state index in [0.29, 0.717) is 46.0 Å². The summed E-state index contributed by atoms with van der Waals surface area (Å²) in [6, 6.07) is 6.60. The van der Waals surface area contributed by atoms with Gasteiger partial charge in [0.25, 0.3) is 0 Å². The molecule has 1 radical (unpaired) electrons. The summed E-state index contributed by atoms with van der Waals surface area (Å²) < 4.78 is 42.7. The third-order valence-electron chi connectivity index (χ3n) is 3.64. The lowest BCUT2D eigenvalue weighted by Gasteiger charge is -2.16. The van der Waals surface area contributed by atoms with Gasteiger partial charge in [-0.15, -0.1) is 0 Å². The highest BCUT2D eigenvalue weighted by Crippen LogP contribution is 2.42. The van der Waals surface area contributed by atoms with Crippen molar-refractivity contribution in [3.63, 3.8) is 0 Å². The van der Waals surface area contributed by atoms with Crippen LogP contribution in [-0.2, 0) is 0 Å². The quantitative estimate of drug-likeness (QED) is 0.586. The predicted molar refractivity (Wildman–Crippen MR) is 99.2 cm³/mol. The molecular formula is C18H22BO8. The summed E-state index contributed by atoms with van der Waals surface area (Å²) in [5.41, 5.74) is 0. The fraction of sp³-hybridized carbons (Fsp3) is 0.333. The zero-order valence-corrected chi connectivity index (χ0v) is 16.2. The molecule has 0 spiro atoms. The van der Waals surface area contributed by atoms with Crippen LogP contribution in [0.2, 0.25) is 0 Å². The maximum atomic E-state index is 5.52. The summed E-state index contributed by atoms with van der Waals surface area (Å²) >= 11 is 0. The largest absolute Gasteiger partial charge is 0.658 e. The third kappa shape index (κ3) is 4.55. The van der Waals surface area contributed by atoms with Gasteiger partial charge in [-0.05, 0) is 0 Å². The van der Waals surface area contributed by atoms with Crippen molar-refractivity contribution in [2.75, 3.05) is 42.7 Å². The normalized spacial score (nSPS) is 9.85. The highest BCUT2D eigenvalue weighted by molar-refractivity contribution is 6.20. The molecule has 0 saturated carbocycles. The molecule has 0 amide bonds. The molecule has 2 rings (SSSR count). The van der Waals surface area contributed by atoms with E-state index >= 15 is 0 Å². The van der Waals surface area contributed by atoms with E-state index in [1.807, 2.05) is 0 Å². The van der Waals surface area contributed by atoms with Gasteiger partial charge in [-0.2, -0.15) is 0 Å². The molecule has 0 saturated heterocycles. The Labute approximate surface area is 159 Å².